The Bertz CT molecular complexity index is 1780. The van der Waals surface area contributed by atoms with Crippen LogP contribution >= 0.6 is 7.43 Å². The molecule has 198 valence electrons. The summed E-state index contributed by atoms with van der Waals surface area (Å²) in [4.78, 5) is 5.13. The van der Waals surface area contributed by atoms with Crippen LogP contribution in [0.25, 0.3) is 22.4 Å². The average Bonchev–Trinajstić information content (AvgIpc) is 3.46. The van der Waals surface area contributed by atoms with Crippen LogP contribution in [0.15, 0.2) is 91.0 Å². The fraction of sp³-hybridized carbons (Fsp3) is 0.242. The van der Waals surface area contributed by atoms with E-state index in [2.05, 4.69) is 76.2 Å². The van der Waals surface area contributed by atoms with E-state index in [0.717, 1.165) is 39.0 Å². The van der Waals surface area contributed by atoms with E-state index in [4.69, 9.17) is 18.6 Å². The molecular weight excluding hydrogens is 503 g/mol. The van der Waals surface area contributed by atoms with E-state index in [-0.39, 0.29) is 10.8 Å². The van der Waals surface area contributed by atoms with Crippen molar-refractivity contribution in [2.45, 2.75) is 52.4 Å². The molecule has 1 aromatic heterocycles. The van der Waals surface area contributed by atoms with Gasteiger partial charge in [0.1, 0.15) is 0 Å². The van der Waals surface area contributed by atoms with Crippen molar-refractivity contribution in [3.8, 4) is 28.6 Å². The Kier molecular flexibility index (Phi) is 4.75. The Balaban J connectivity index is 1.64. The molecule has 5 nitrogen and oxygen atoms in total. The SMILES string of the molecule is CC(C)(C)c1cc2c(c(C(C)(C)C)c1)OP1(c3ccccc3)(Oc3ccccc3-c3nc4ccccc4n31)O2. The molecule has 0 bridgehead atoms. The molecule has 5 aromatic rings. The number of rotatable bonds is 1. The number of hydrogen-bond acceptors (Lipinski definition) is 4. The third-order valence-electron chi connectivity index (χ3n) is 7.70. The van der Waals surface area contributed by atoms with Crippen molar-refractivity contribution in [3.05, 3.63) is 102 Å². The maximum absolute atomic E-state index is 7.39. The summed E-state index contributed by atoms with van der Waals surface area (Å²) in [6.45, 7) is 13.3. The van der Waals surface area contributed by atoms with Gasteiger partial charge in [-0.3, -0.25) is 0 Å². The van der Waals surface area contributed by atoms with Crippen molar-refractivity contribution in [2.75, 3.05) is 0 Å². The third-order valence-corrected chi connectivity index (χ3v) is 11.5. The van der Waals surface area contributed by atoms with Crippen LogP contribution in [-0.4, -0.2) is 9.32 Å². The molecule has 4 aromatic carbocycles. The van der Waals surface area contributed by atoms with Gasteiger partial charge in [0.25, 0.3) is 0 Å². The summed E-state index contributed by atoms with van der Waals surface area (Å²) in [7, 11) is -4.40. The summed E-state index contributed by atoms with van der Waals surface area (Å²) in [5.41, 5.74) is 4.69. The molecule has 0 saturated carbocycles. The van der Waals surface area contributed by atoms with E-state index in [1.807, 2.05) is 60.7 Å². The molecule has 0 atom stereocenters. The minimum atomic E-state index is -4.40. The van der Waals surface area contributed by atoms with E-state index in [1.165, 1.54) is 5.56 Å². The van der Waals surface area contributed by atoms with Crippen molar-refractivity contribution in [3.63, 3.8) is 0 Å². The monoisotopic (exact) mass is 536 g/mol. The van der Waals surface area contributed by atoms with Crippen LogP contribution in [0.1, 0.15) is 52.7 Å². The van der Waals surface area contributed by atoms with Gasteiger partial charge in [-0.15, -0.1) is 0 Å². The fourth-order valence-corrected chi connectivity index (χ4v) is 9.75. The molecule has 1 spiro atoms. The van der Waals surface area contributed by atoms with Gasteiger partial charge in [-0.05, 0) is 0 Å². The minimum absolute atomic E-state index is 0.0818. The summed E-state index contributed by atoms with van der Waals surface area (Å²) in [5, 5.41) is 0.843. The number of nitrogens with zero attached hydrogens (tertiary/aromatic N) is 2. The number of imidazole rings is 1. The standard InChI is InChI=1S/C33H33N2O3P/c1-32(2,3)22-20-25(33(4,5)6)30-29(21-22)37-39(38-30,23-14-8-7-9-15-23)35-27-18-12-11-17-26(27)34-31(35)24-16-10-13-19-28(24)36-39/h7-21H,1-6H3. The molecule has 7 rings (SSSR count). The molecule has 0 amide bonds. The number of aromatic nitrogens is 2. The Hall–Kier alpha value is -3.82. The first-order chi connectivity index (χ1) is 18.5. The van der Waals surface area contributed by atoms with Gasteiger partial charge in [0, 0.05) is 0 Å². The van der Waals surface area contributed by atoms with Gasteiger partial charge in [-0.2, -0.15) is 0 Å². The molecule has 0 aliphatic carbocycles. The zero-order valence-electron chi connectivity index (χ0n) is 23.2. The van der Waals surface area contributed by atoms with Gasteiger partial charge in [-0.1, -0.05) is 0 Å². The van der Waals surface area contributed by atoms with Crippen molar-refractivity contribution >= 4 is 23.8 Å². The van der Waals surface area contributed by atoms with Crippen LogP contribution in [0.5, 0.6) is 17.2 Å². The van der Waals surface area contributed by atoms with E-state index in [1.54, 1.807) is 0 Å². The molecule has 2 aliphatic heterocycles. The van der Waals surface area contributed by atoms with Crippen LogP contribution in [0, 0.1) is 0 Å². The predicted octanol–water partition coefficient (Wildman–Crippen LogP) is 8.55. The van der Waals surface area contributed by atoms with Crippen molar-refractivity contribution in [2.24, 2.45) is 0 Å². The first kappa shape index (κ1) is 24.2. The second kappa shape index (κ2) is 7.64. The summed E-state index contributed by atoms with van der Waals surface area (Å²) in [6, 6.07) is 30.7. The van der Waals surface area contributed by atoms with Crippen LogP contribution < -0.4 is 18.9 Å². The van der Waals surface area contributed by atoms with Gasteiger partial charge in [-0.25, -0.2) is 0 Å². The van der Waals surface area contributed by atoms with E-state index in [9.17, 15) is 0 Å². The van der Waals surface area contributed by atoms with Gasteiger partial charge < -0.3 is 0 Å². The van der Waals surface area contributed by atoms with Crippen LogP contribution in [0.2, 0.25) is 0 Å². The zero-order chi connectivity index (χ0) is 27.2. The van der Waals surface area contributed by atoms with Crippen LogP contribution in [0.4, 0.5) is 0 Å². The average molecular weight is 537 g/mol. The molecule has 0 saturated heterocycles. The normalized spacial score (nSPS) is 17.6. The first-order valence-corrected chi connectivity index (χ1v) is 15.4. The van der Waals surface area contributed by atoms with Gasteiger partial charge in [0.15, 0.2) is 0 Å². The summed E-state index contributed by atoms with van der Waals surface area (Å²) >= 11 is 0. The van der Waals surface area contributed by atoms with Crippen LogP contribution in [-0.2, 0) is 10.8 Å². The molecular formula is C33H33N2O3P. The Labute approximate surface area is 229 Å². The maximum atomic E-state index is 7.39. The number of para-hydroxylation sites is 3. The topological polar surface area (TPSA) is 45.5 Å². The molecule has 0 unspecified atom stereocenters. The van der Waals surface area contributed by atoms with Crippen molar-refractivity contribution < 1.29 is 13.6 Å². The predicted molar refractivity (Wildman–Crippen MR) is 159 cm³/mol. The Morgan fingerprint density at radius 1 is 0.667 bits per heavy atom. The molecule has 0 fully saturated rings. The van der Waals surface area contributed by atoms with Gasteiger partial charge >= 0.3 is 230 Å². The summed E-state index contributed by atoms with van der Waals surface area (Å²) < 4.78 is 24.1. The molecule has 0 N–H and O–H groups in total. The van der Waals surface area contributed by atoms with E-state index >= 15 is 0 Å². The molecule has 3 heterocycles. The molecule has 39 heavy (non-hydrogen) atoms. The second-order valence-corrected chi connectivity index (χ2v) is 15.7. The summed E-state index contributed by atoms with van der Waals surface area (Å²) in [6.07, 6.45) is 0. The van der Waals surface area contributed by atoms with Gasteiger partial charge in [0.2, 0.25) is 0 Å². The Morgan fingerprint density at radius 2 is 1.33 bits per heavy atom. The quantitative estimate of drug-likeness (QED) is 0.201. The number of hydrogen-bond donors (Lipinski definition) is 0. The van der Waals surface area contributed by atoms with Crippen LogP contribution in [0.3, 0.4) is 0 Å². The van der Waals surface area contributed by atoms with Crippen molar-refractivity contribution in [1.82, 2.24) is 9.32 Å². The molecule has 6 heteroatoms. The van der Waals surface area contributed by atoms with Crippen molar-refractivity contribution in [1.29, 1.82) is 0 Å². The van der Waals surface area contributed by atoms with E-state index in [0.29, 0.717) is 11.5 Å². The van der Waals surface area contributed by atoms with E-state index < -0.39 is 7.43 Å². The van der Waals surface area contributed by atoms with Gasteiger partial charge in [0.05, 0.1) is 0 Å². The summed E-state index contributed by atoms with van der Waals surface area (Å²) in [5.74, 6) is 2.92. The number of benzene rings is 4. The zero-order valence-corrected chi connectivity index (χ0v) is 24.1. The molecule has 0 radical (unpaired) electrons. The second-order valence-electron chi connectivity index (χ2n) is 12.5. The fourth-order valence-electron chi connectivity index (χ4n) is 5.66. The first-order valence-electron chi connectivity index (χ1n) is 13.4. The number of fused-ring (bicyclic) bond motifs is 7. The Morgan fingerprint density at radius 3 is 2.08 bits per heavy atom. The third kappa shape index (κ3) is 3.26. The molecule has 2 aliphatic rings.